The van der Waals surface area contributed by atoms with Gasteiger partial charge in [0.15, 0.2) is 0 Å². The number of halogens is 1. The van der Waals surface area contributed by atoms with E-state index in [-0.39, 0.29) is 18.0 Å². The summed E-state index contributed by atoms with van der Waals surface area (Å²) in [6.07, 6.45) is 1.91. The van der Waals surface area contributed by atoms with Gasteiger partial charge in [0.2, 0.25) is 5.91 Å². The molecule has 4 nitrogen and oxygen atoms in total. The van der Waals surface area contributed by atoms with Crippen LogP contribution in [0.5, 0.6) is 5.75 Å². The van der Waals surface area contributed by atoms with Crippen molar-refractivity contribution in [1.29, 1.82) is 0 Å². The van der Waals surface area contributed by atoms with Crippen molar-refractivity contribution < 1.29 is 9.53 Å². The van der Waals surface area contributed by atoms with Crippen molar-refractivity contribution in [1.82, 2.24) is 10.2 Å². The zero-order chi connectivity index (χ0) is 14.7. The Bertz CT molecular complexity index is 491. The second kappa shape index (κ2) is 7.03. The molecule has 3 rings (SSSR count). The summed E-state index contributed by atoms with van der Waals surface area (Å²) < 4.78 is 6.83. The molecule has 1 amide bonds. The molecule has 0 saturated carbocycles. The topological polar surface area (TPSA) is 41.6 Å². The number of hydrogen-bond acceptors (Lipinski definition) is 4. The van der Waals surface area contributed by atoms with Gasteiger partial charge in [-0.25, -0.2) is 0 Å². The molecule has 1 N–H and O–H groups in total. The molecule has 0 aromatic heterocycles. The first-order valence-corrected chi connectivity index (χ1v) is 9.18. The lowest BCUT2D eigenvalue weighted by atomic mass is 10.2. The zero-order valence-corrected chi connectivity index (χ0v) is 14.2. The van der Waals surface area contributed by atoms with Crippen LogP contribution in [0.3, 0.4) is 0 Å². The number of carbonyl (C=O) groups is 1. The Morgan fingerprint density at radius 2 is 2.19 bits per heavy atom. The first-order valence-electron chi connectivity index (χ1n) is 7.23. The van der Waals surface area contributed by atoms with Gasteiger partial charge in [0.1, 0.15) is 12.4 Å². The van der Waals surface area contributed by atoms with E-state index >= 15 is 0 Å². The first kappa shape index (κ1) is 15.2. The molecular weight excluding hydrogens is 352 g/mol. The number of amides is 1. The van der Waals surface area contributed by atoms with E-state index in [1.54, 1.807) is 0 Å². The maximum Gasteiger partial charge on any atom is 0.240 e. The van der Waals surface area contributed by atoms with Crippen molar-refractivity contribution in [2.75, 3.05) is 24.8 Å². The Labute approximate surface area is 137 Å². The maximum absolute atomic E-state index is 12.3. The van der Waals surface area contributed by atoms with Gasteiger partial charge in [-0.15, -0.1) is 11.8 Å². The Morgan fingerprint density at radius 3 is 2.90 bits per heavy atom. The maximum atomic E-state index is 12.3. The van der Waals surface area contributed by atoms with Gasteiger partial charge in [0.25, 0.3) is 0 Å². The van der Waals surface area contributed by atoms with Crippen molar-refractivity contribution in [2.24, 2.45) is 0 Å². The summed E-state index contributed by atoms with van der Waals surface area (Å²) in [7, 11) is 0. The fourth-order valence-electron chi connectivity index (χ4n) is 2.68. The van der Waals surface area contributed by atoms with Gasteiger partial charge >= 0.3 is 0 Å². The van der Waals surface area contributed by atoms with Crippen LogP contribution in [0.4, 0.5) is 0 Å². The van der Waals surface area contributed by atoms with Crippen LogP contribution in [-0.2, 0) is 4.79 Å². The quantitative estimate of drug-likeness (QED) is 0.883. The van der Waals surface area contributed by atoms with E-state index in [9.17, 15) is 4.79 Å². The van der Waals surface area contributed by atoms with E-state index in [0.717, 1.165) is 41.2 Å². The number of benzene rings is 1. The largest absolute Gasteiger partial charge is 0.492 e. The monoisotopic (exact) mass is 370 g/mol. The highest BCUT2D eigenvalue weighted by Crippen LogP contribution is 2.21. The second-order valence-electron chi connectivity index (χ2n) is 5.40. The number of nitrogens with zero attached hydrogens (tertiary/aromatic N) is 1. The highest BCUT2D eigenvalue weighted by atomic mass is 79.9. The molecule has 1 aromatic rings. The molecule has 21 heavy (non-hydrogen) atoms. The molecule has 0 spiro atoms. The van der Waals surface area contributed by atoms with Crippen LogP contribution in [0.2, 0.25) is 0 Å². The first-order chi connectivity index (χ1) is 10.2. The molecular formula is C15H19BrN2O2S. The minimum Gasteiger partial charge on any atom is -0.492 e. The molecule has 2 aliphatic heterocycles. The molecule has 2 fully saturated rings. The average molecular weight is 371 g/mol. The van der Waals surface area contributed by atoms with Gasteiger partial charge in [-0.05, 0) is 37.1 Å². The van der Waals surface area contributed by atoms with Gasteiger partial charge in [0.05, 0.1) is 11.9 Å². The smallest absolute Gasteiger partial charge is 0.240 e. The lowest BCUT2D eigenvalue weighted by Crippen LogP contribution is -2.45. The number of nitrogens with one attached hydrogen (secondary N) is 1. The third-order valence-electron chi connectivity index (χ3n) is 3.87. The number of thioether (sulfide) groups is 1. The van der Waals surface area contributed by atoms with E-state index in [1.807, 2.05) is 40.9 Å². The summed E-state index contributed by atoms with van der Waals surface area (Å²) in [5.74, 6) is 3.03. The Kier molecular flexibility index (Phi) is 5.08. The van der Waals surface area contributed by atoms with Crippen LogP contribution >= 0.6 is 27.7 Å². The third kappa shape index (κ3) is 3.93. The fourth-order valence-corrected chi connectivity index (χ4v) is 3.90. The summed E-state index contributed by atoms with van der Waals surface area (Å²) in [6.45, 7) is 1.50. The van der Waals surface area contributed by atoms with Gasteiger partial charge in [-0.3, -0.25) is 10.1 Å². The van der Waals surface area contributed by atoms with Crippen molar-refractivity contribution in [2.45, 2.75) is 24.9 Å². The SMILES string of the molecule is O=C([C@@H]1CC[C@H](COc2ccc(Br)cc2)N1)N1CCSC1. The van der Waals surface area contributed by atoms with E-state index < -0.39 is 0 Å². The Hall–Kier alpha value is -0.720. The van der Waals surface area contributed by atoms with Crippen molar-refractivity contribution in [3.63, 3.8) is 0 Å². The normalized spacial score (nSPS) is 25.3. The molecule has 2 aliphatic rings. The standard InChI is InChI=1S/C15H19BrN2O2S/c16-11-1-4-13(5-2-11)20-9-12-3-6-14(17-12)15(19)18-7-8-21-10-18/h1-2,4-5,12,14,17H,3,6-10H2/t12-,14+/m1/s1. The summed E-state index contributed by atoms with van der Waals surface area (Å²) in [4.78, 5) is 14.3. The molecule has 114 valence electrons. The molecule has 2 atom stereocenters. The fraction of sp³-hybridized carbons (Fsp3) is 0.533. The predicted octanol–water partition coefficient (Wildman–Crippen LogP) is 2.48. The summed E-state index contributed by atoms with van der Waals surface area (Å²) in [5.41, 5.74) is 0. The van der Waals surface area contributed by atoms with E-state index in [0.29, 0.717) is 6.61 Å². The predicted molar refractivity (Wildman–Crippen MR) is 88.6 cm³/mol. The van der Waals surface area contributed by atoms with E-state index in [1.165, 1.54) is 0 Å². The van der Waals surface area contributed by atoms with Gasteiger partial charge in [-0.1, -0.05) is 15.9 Å². The molecule has 0 aliphatic carbocycles. The van der Waals surface area contributed by atoms with Crippen LogP contribution in [0.1, 0.15) is 12.8 Å². The van der Waals surface area contributed by atoms with Crippen LogP contribution in [-0.4, -0.2) is 47.7 Å². The summed E-state index contributed by atoms with van der Waals surface area (Å²) >= 11 is 5.23. The van der Waals surface area contributed by atoms with Crippen LogP contribution < -0.4 is 10.1 Å². The second-order valence-corrected chi connectivity index (χ2v) is 7.39. The third-order valence-corrected chi connectivity index (χ3v) is 5.36. The van der Waals surface area contributed by atoms with Gasteiger partial charge < -0.3 is 9.64 Å². The highest BCUT2D eigenvalue weighted by Gasteiger charge is 2.33. The van der Waals surface area contributed by atoms with Crippen molar-refractivity contribution >= 4 is 33.6 Å². The Morgan fingerprint density at radius 1 is 1.38 bits per heavy atom. The van der Waals surface area contributed by atoms with Crippen LogP contribution in [0.25, 0.3) is 0 Å². The summed E-state index contributed by atoms with van der Waals surface area (Å²) in [6, 6.07) is 8.07. The number of ether oxygens (including phenoxy) is 1. The average Bonchev–Trinajstić information content (AvgIpc) is 3.18. The van der Waals surface area contributed by atoms with Crippen LogP contribution in [0.15, 0.2) is 28.7 Å². The molecule has 1 aromatic carbocycles. The lowest BCUT2D eigenvalue weighted by Gasteiger charge is -2.20. The van der Waals surface area contributed by atoms with E-state index in [2.05, 4.69) is 21.2 Å². The molecule has 2 heterocycles. The molecule has 2 saturated heterocycles. The highest BCUT2D eigenvalue weighted by molar-refractivity contribution is 9.10. The zero-order valence-electron chi connectivity index (χ0n) is 11.8. The van der Waals surface area contributed by atoms with Crippen LogP contribution in [0, 0.1) is 0 Å². The number of rotatable bonds is 4. The minimum atomic E-state index is -0.0257. The van der Waals surface area contributed by atoms with Crippen molar-refractivity contribution in [3.05, 3.63) is 28.7 Å². The molecule has 0 radical (unpaired) electrons. The molecule has 6 heteroatoms. The Balaban J connectivity index is 1.46. The minimum absolute atomic E-state index is 0.0257. The summed E-state index contributed by atoms with van der Waals surface area (Å²) in [5, 5.41) is 3.41. The molecule has 0 unspecified atom stereocenters. The number of hydrogen-bond donors (Lipinski definition) is 1. The van der Waals surface area contributed by atoms with Gasteiger partial charge in [-0.2, -0.15) is 0 Å². The van der Waals surface area contributed by atoms with E-state index in [4.69, 9.17) is 4.74 Å². The lowest BCUT2D eigenvalue weighted by molar-refractivity contribution is -0.131. The van der Waals surface area contributed by atoms with Crippen molar-refractivity contribution in [3.8, 4) is 5.75 Å². The number of carbonyl (C=O) groups excluding carboxylic acids is 1. The molecule has 0 bridgehead atoms. The van der Waals surface area contributed by atoms with Gasteiger partial charge in [0, 0.05) is 22.8 Å².